The Bertz CT molecular complexity index is 856. The summed E-state index contributed by atoms with van der Waals surface area (Å²) >= 11 is 6.94. The molecule has 150 valence electrons. The number of nitrogens with one attached hydrogen (secondary N) is 1. The van der Waals surface area contributed by atoms with Crippen LogP contribution in [-0.4, -0.2) is 32.4 Å². The number of rotatable bonds is 9. The molecule has 0 fully saturated rings. The summed E-state index contributed by atoms with van der Waals surface area (Å²) in [5.74, 6) is 1.39. The monoisotopic (exact) mass is 512 g/mol. The van der Waals surface area contributed by atoms with E-state index in [1.807, 2.05) is 26.0 Å². The van der Waals surface area contributed by atoms with Crippen LogP contribution in [0.5, 0.6) is 17.2 Å². The topological polar surface area (TPSA) is 69.2 Å². The molecule has 2 rings (SSSR count). The fourth-order valence-electron chi connectivity index (χ4n) is 2.34. The first kappa shape index (κ1) is 22.2. The van der Waals surface area contributed by atoms with Gasteiger partial charge >= 0.3 is 0 Å². The van der Waals surface area contributed by atoms with Crippen molar-refractivity contribution in [1.29, 1.82) is 0 Å². The molecule has 0 aliphatic carbocycles. The quantitative estimate of drug-likeness (QED) is 0.371. The number of amides is 1. The van der Waals surface area contributed by atoms with Gasteiger partial charge in [-0.25, -0.2) is 5.43 Å². The molecule has 1 amide bonds. The molecule has 0 aliphatic heterocycles. The minimum Gasteiger partial charge on any atom is -0.493 e. The van der Waals surface area contributed by atoms with Crippen molar-refractivity contribution in [2.75, 3.05) is 20.3 Å². The van der Waals surface area contributed by atoms with E-state index >= 15 is 0 Å². The van der Waals surface area contributed by atoms with Crippen LogP contribution in [0.1, 0.15) is 36.2 Å². The molecular formula is C20H22Br2N2O4. The van der Waals surface area contributed by atoms with Gasteiger partial charge in [0, 0.05) is 15.6 Å². The van der Waals surface area contributed by atoms with Crippen molar-refractivity contribution in [3.05, 3.63) is 50.4 Å². The van der Waals surface area contributed by atoms with Crippen LogP contribution in [0.4, 0.5) is 0 Å². The van der Waals surface area contributed by atoms with E-state index in [0.717, 1.165) is 20.9 Å². The molecule has 0 atom stereocenters. The normalized spacial score (nSPS) is 10.8. The number of benzene rings is 2. The maximum absolute atomic E-state index is 12.4. The van der Waals surface area contributed by atoms with Gasteiger partial charge in [0.1, 0.15) is 5.75 Å². The summed E-state index contributed by atoms with van der Waals surface area (Å²) in [6.45, 7) is 5.01. The Labute approximate surface area is 181 Å². The summed E-state index contributed by atoms with van der Waals surface area (Å²) in [7, 11) is 1.53. The minimum atomic E-state index is -0.359. The van der Waals surface area contributed by atoms with Crippen molar-refractivity contribution >= 4 is 44.0 Å². The number of hydrogen-bond donors (Lipinski definition) is 1. The van der Waals surface area contributed by atoms with Crippen LogP contribution in [0, 0.1) is 0 Å². The molecule has 0 unspecified atom stereocenters. The van der Waals surface area contributed by atoms with E-state index in [9.17, 15) is 4.79 Å². The highest BCUT2D eigenvalue weighted by molar-refractivity contribution is 9.11. The van der Waals surface area contributed by atoms with Crippen molar-refractivity contribution in [1.82, 2.24) is 5.43 Å². The number of methoxy groups -OCH3 is 1. The lowest BCUT2D eigenvalue weighted by molar-refractivity contribution is 0.0954. The van der Waals surface area contributed by atoms with Gasteiger partial charge in [-0.1, -0.05) is 22.9 Å². The van der Waals surface area contributed by atoms with Crippen molar-refractivity contribution in [3.8, 4) is 17.2 Å². The third-order valence-electron chi connectivity index (χ3n) is 3.58. The Morgan fingerprint density at radius 2 is 1.93 bits per heavy atom. The van der Waals surface area contributed by atoms with Crippen LogP contribution in [0.25, 0.3) is 0 Å². The van der Waals surface area contributed by atoms with E-state index in [2.05, 4.69) is 42.4 Å². The first-order chi connectivity index (χ1) is 13.5. The zero-order chi connectivity index (χ0) is 20.5. The number of hydrazone groups is 1. The zero-order valence-corrected chi connectivity index (χ0v) is 19.1. The number of carbonyl (C=O) groups is 1. The van der Waals surface area contributed by atoms with Crippen molar-refractivity contribution in [2.45, 2.75) is 20.3 Å². The predicted octanol–water partition coefficient (Wildman–Crippen LogP) is 5.17. The first-order valence-electron chi connectivity index (χ1n) is 8.76. The van der Waals surface area contributed by atoms with Gasteiger partial charge in [0.2, 0.25) is 0 Å². The van der Waals surface area contributed by atoms with Gasteiger partial charge in [-0.05, 0) is 59.6 Å². The number of ether oxygens (including phenoxy) is 3. The summed E-state index contributed by atoms with van der Waals surface area (Å²) in [5.41, 5.74) is 3.67. The lowest BCUT2D eigenvalue weighted by atomic mass is 10.2. The smallest absolute Gasteiger partial charge is 0.271 e. The van der Waals surface area contributed by atoms with Crippen LogP contribution in [0.15, 0.2) is 44.4 Å². The molecule has 8 heteroatoms. The van der Waals surface area contributed by atoms with Crippen LogP contribution in [0.2, 0.25) is 0 Å². The van der Waals surface area contributed by atoms with E-state index in [-0.39, 0.29) is 5.91 Å². The molecule has 0 aromatic heterocycles. The van der Waals surface area contributed by atoms with Crippen LogP contribution in [0.3, 0.4) is 0 Å². The number of hydrogen-bond acceptors (Lipinski definition) is 5. The molecule has 0 aliphatic rings. The van der Waals surface area contributed by atoms with Gasteiger partial charge in [0.05, 0.1) is 31.0 Å². The summed E-state index contributed by atoms with van der Waals surface area (Å²) < 4.78 is 18.2. The lowest BCUT2D eigenvalue weighted by Crippen LogP contribution is -2.17. The molecule has 0 radical (unpaired) electrons. The Balaban J connectivity index is 2.15. The molecule has 6 nitrogen and oxygen atoms in total. The summed E-state index contributed by atoms with van der Waals surface area (Å²) in [4.78, 5) is 12.4. The molecule has 28 heavy (non-hydrogen) atoms. The van der Waals surface area contributed by atoms with E-state index in [1.165, 1.54) is 7.11 Å². The van der Waals surface area contributed by atoms with E-state index < -0.39 is 0 Å². The molecule has 1 N–H and O–H groups in total. The van der Waals surface area contributed by atoms with Gasteiger partial charge in [-0.15, -0.1) is 0 Å². The molecule has 2 aromatic carbocycles. The summed E-state index contributed by atoms with van der Waals surface area (Å²) in [6, 6.07) is 8.73. The van der Waals surface area contributed by atoms with Crippen LogP contribution >= 0.6 is 31.9 Å². The average Bonchev–Trinajstić information content (AvgIpc) is 2.67. The molecule has 0 saturated carbocycles. The molecular weight excluding hydrogens is 492 g/mol. The van der Waals surface area contributed by atoms with Crippen molar-refractivity contribution < 1.29 is 19.0 Å². The van der Waals surface area contributed by atoms with E-state index in [0.29, 0.717) is 36.0 Å². The molecule has 0 spiro atoms. The predicted molar refractivity (Wildman–Crippen MR) is 117 cm³/mol. The maximum atomic E-state index is 12.4. The fraction of sp³-hybridized carbons (Fsp3) is 0.300. The molecule has 2 aromatic rings. The highest BCUT2D eigenvalue weighted by Gasteiger charge is 2.12. The van der Waals surface area contributed by atoms with Crippen LogP contribution in [-0.2, 0) is 0 Å². The Morgan fingerprint density at radius 3 is 2.61 bits per heavy atom. The van der Waals surface area contributed by atoms with Gasteiger partial charge in [-0.2, -0.15) is 5.10 Å². The zero-order valence-electron chi connectivity index (χ0n) is 15.9. The second-order valence-corrected chi connectivity index (χ2v) is 7.42. The maximum Gasteiger partial charge on any atom is 0.271 e. The second-order valence-electron chi connectivity index (χ2n) is 5.65. The Kier molecular flexibility index (Phi) is 8.79. The number of nitrogens with zero attached hydrogens (tertiary/aromatic N) is 1. The number of carbonyl (C=O) groups excluding carboxylic acids is 1. The van der Waals surface area contributed by atoms with Gasteiger partial charge in [-0.3, -0.25) is 4.79 Å². The lowest BCUT2D eigenvalue weighted by Gasteiger charge is -2.11. The third kappa shape index (κ3) is 5.97. The first-order valence-corrected chi connectivity index (χ1v) is 10.3. The Hall–Kier alpha value is -2.06. The second kappa shape index (κ2) is 11.1. The third-order valence-corrected chi connectivity index (χ3v) is 4.63. The largest absolute Gasteiger partial charge is 0.493 e. The van der Waals surface area contributed by atoms with Gasteiger partial charge < -0.3 is 14.2 Å². The highest BCUT2D eigenvalue weighted by atomic mass is 79.9. The van der Waals surface area contributed by atoms with E-state index in [1.54, 1.807) is 24.4 Å². The molecule has 0 saturated heterocycles. The molecule has 0 heterocycles. The SMILES string of the molecule is CCCOc1c(Br)cc(Br)cc1/C=N/NC(=O)c1ccc(OCC)c(OC)c1. The Morgan fingerprint density at radius 1 is 1.14 bits per heavy atom. The minimum absolute atomic E-state index is 0.359. The van der Waals surface area contributed by atoms with Gasteiger partial charge in [0.25, 0.3) is 5.91 Å². The van der Waals surface area contributed by atoms with Gasteiger partial charge in [0.15, 0.2) is 11.5 Å². The van der Waals surface area contributed by atoms with Crippen LogP contribution < -0.4 is 19.6 Å². The summed E-state index contributed by atoms with van der Waals surface area (Å²) in [6.07, 6.45) is 2.43. The van der Waals surface area contributed by atoms with E-state index in [4.69, 9.17) is 14.2 Å². The standard InChI is InChI=1S/C20H22Br2N2O4/c1-4-8-28-19-14(9-15(21)11-16(19)22)12-23-24-20(25)13-6-7-17(27-5-2)18(10-13)26-3/h6-7,9-12H,4-5,8H2,1-3H3,(H,24,25)/b23-12+. The summed E-state index contributed by atoms with van der Waals surface area (Å²) in [5, 5.41) is 4.06. The molecule has 0 bridgehead atoms. The average molecular weight is 514 g/mol. The van der Waals surface area contributed by atoms with Crippen molar-refractivity contribution in [2.24, 2.45) is 5.10 Å². The fourth-order valence-corrected chi connectivity index (χ4v) is 3.71. The van der Waals surface area contributed by atoms with Crippen molar-refractivity contribution in [3.63, 3.8) is 0 Å². The number of halogens is 2. The highest BCUT2D eigenvalue weighted by Crippen LogP contribution is 2.32.